The Kier molecular flexibility index (Phi) is 5.69. The lowest BCUT2D eigenvalue weighted by Gasteiger charge is -2.18. The molecule has 0 unspecified atom stereocenters. The lowest BCUT2D eigenvalue weighted by Crippen LogP contribution is -2.30. The molecule has 0 fully saturated rings. The number of aryl methyl sites for hydroxylation is 1. The fourth-order valence-electron chi connectivity index (χ4n) is 2.56. The lowest BCUT2D eigenvalue weighted by molar-refractivity contribution is -0.113. The molecule has 6 heteroatoms. The van der Waals surface area contributed by atoms with Crippen LogP contribution in [0.1, 0.15) is 18.1 Å². The van der Waals surface area contributed by atoms with Crippen LogP contribution in [-0.2, 0) is 4.79 Å². The molecule has 1 aliphatic rings. The van der Waals surface area contributed by atoms with Crippen molar-refractivity contribution < 1.29 is 9.53 Å². The summed E-state index contributed by atoms with van der Waals surface area (Å²) in [5.74, 6) is 1.21. The average molecular weight is 387 g/mol. The number of hydrogen-bond donors (Lipinski definition) is 0. The van der Waals surface area contributed by atoms with Gasteiger partial charge in [-0.2, -0.15) is 0 Å². The third-order valence-electron chi connectivity index (χ3n) is 3.88. The minimum absolute atomic E-state index is 0.164. The number of anilines is 1. The minimum Gasteiger partial charge on any atom is -0.495 e. The molecule has 1 amide bonds. The second-order valence-corrected chi connectivity index (χ2v) is 7.37. The van der Waals surface area contributed by atoms with Gasteiger partial charge in [-0.1, -0.05) is 60.1 Å². The molecule has 26 heavy (non-hydrogen) atoms. The van der Waals surface area contributed by atoms with Crippen molar-refractivity contribution in [1.82, 2.24) is 0 Å². The third kappa shape index (κ3) is 3.79. The summed E-state index contributed by atoms with van der Waals surface area (Å²) in [5, 5.41) is 1.10. The van der Waals surface area contributed by atoms with E-state index in [1.807, 2.05) is 50.3 Å². The fraction of sp³-hybridized carbons (Fsp3) is 0.200. The Hall–Kier alpha value is -2.24. The number of nitrogens with zero attached hydrogens (tertiary/aromatic N) is 2. The predicted molar refractivity (Wildman–Crippen MR) is 110 cm³/mol. The number of methoxy groups -OCH3 is 1. The molecule has 0 bridgehead atoms. The molecule has 2 aromatic carbocycles. The topological polar surface area (TPSA) is 41.9 Å². The molecule has 0 N–H and O–H groups in total. The van der Waals surface area contributed by atoms with Crippen molar-refractivity contribution in [3.8, 4) is 5.75 Å². The quantitative estimate of drug-likeness (QED) is 0.682. The van der Waals surface area contributed by atoms with Gasteiger partial charge >= 0.3 is 0 Å². The summed E-state index contributed by atoms with van der Waals surface area (Å²) in [6, 6.07) is 13.3. The van der Waals surface area contributed by atoms with Gasteiger partial charge in [0.1, 0.15) is 11.4 Å². The highest BCUT2D eigenvalue weighted by molar-refractivity contribution is 8.14. The summed E-state index contributed by atoms with van der Waals surface area (Å²) >= 11 is 7.76. The second kappa shape index (κ2) is 7.98. The number of carbonyl (C=O) groups is 1. The molecule has 2 aromatic rings. The summed E-state index contributed by atoms with van der Waals surface area (Å²) in [4.78, 5) is 19.1. The summed E-state index contributed by atoms with van der Waals surface area (Å²) < 4.78 is 5.19. The first-order valence-electron chi connectivity index (χ1n) is 8.21. The van der Waals surface area contributed by atoms with E-state index in [1.54, 1.807) is 24.1 Å². The molecule has 1 aliphatic heterocycles. The lowest BCUT2D eigenvalue weighted by atomic mass is 10.1. The molecule has 0 atom stereocenters. The van der Waals surface area contributed by atoms with Gasteiger partial charge in [-0.3, -0.25) is 9.69 Å². The summed E-state index contributed by atoms with van der Waals surface area (Å²) in [6.45, 7) is 4.06. The number of aliphatic imine (C=N–C) groups is 1. The zero-order chi connectivity index (χ0) is 18.7. The minimum atomic E-state index is -0.164. The molecule has 0 radical (unpaired) electrons. The Morgan fingerprint density at radius 2 is 1.96 bits per heavy atom. The Bertz CT molecular complexity index is 891. The van der Waals surface area contributed by atoms with Crippen LogP contribution in [0.15, 0.2) is 53.2 Å². The van der Waals surface area contributed by atoms with E-state index in [0.717, 1.165) is 11.3 Å². The van der Waals surface area contributed by atoms with Crippen LogP contribution < -0.4 is 9.64 Å². The zero-order valence-corrected chi connectivity index (χ0v) is 16.4. The number of amidine groups is 1. The molecule has 0 saturated heterocycles. The maximum absolute atomic E-state index is 13.0. The number of ether oxygens (including phenoxy) is 1. The maximum Gasteiger partial charge on any atom is 0.283 e. The van der Waals surface area contributed by atoms with Crippen LogP contribution in [-0.4, -0.2) is 23.9 Å². The number of carbonyl (C=O) groups excluding carboxylic acids is 1. The van der Waals surface area contributed by atoms with E-state index in [1.165, 1.54) is 17.3 Å². The molecule has 1 heterocycles. The number of amides is 1. The third-order valence-corrected chi connectivity index (χ3v) is 4.99. The Morgan fingerprint density at radius 3 is 2.58 bits per heavy atom. The molecule has 0 saturated carbocycles. The van der Waals surface area contributed by atoms with Crippen molar-refractivity contribution in [3.63, 3.8) is 0 Å². The van der Waals surface area contributed by atoms with Crippen molar-refractivity contribution in [3.05, 3.63) is 64.3 Å². The molecule has 0 spiro atoms. The fourth-order valence-corrected chi connectivity index (χ4v) is 3.56. The molecule has 3 rings (SSSR count). The van der Waals surface area contributed by atoms with Gasteiger partial charge < -0.3 is 4.74 Å². The molecule has 4 nitrogen and oxygen atoms in total. The summed E-state index contributed by atoms with van der Waals surface area (Å²) in [7, 11) is 1.56. The van der Waals surface area contributed by atoms with Crippen molar-refractivity contribution in [2.45, 2.75) is 13.8 Å². The SMILES string of the molecule is CCSC1=N/C(=C\c2ccc(C)cc2)C(=O)N1c1ccc(OC)c(Cl)c1. The normalized spacial score (nSPS) is 15.5. The van der Waals surface area contributed by atoms with Gasteiger partial charge in [0.15, 0.2) is 5.17 Å². The highest BCUT2D eigenvalue weighted by atomic mass is 35.5. The molecular weight excluding hydrogens is 368 g/mol. The van der Waals surface area contributed by atoms with Gasteiger partial charge in [-0.05, 0) is 42.5 Å². The van der Waals surface area contributed by atoms with Crippen LogP contribution in [0.5, 0.6) is 5.75 Å². The van der Waals surface area contributed by atoms with Crippen LogP contribution in [0.25, 0.3) is 6.08 Å². The van der Waals surface area contributed by atoms with Gasteiger partial charge in [0.25, 0.3) is 5.91 Å². The van der Waals surface area contributed by atoms with Crippen LogP contribution in [0.4, 0.5) is 5.69 Å². The van der Waals surface area contributed by atoms with Gasteiger partial charge in [0.2, 0.25) is 0 Å². The van der Waals surface area contributed by atoms with Crippen molar-refractivity contribution >= 4 is 46.2 Å². The van der Waals surface area contributed by atoms with E-state index in [9.17, 15) is 4.79 Å². The average Bonchev–Trinajstić information content (AvgIpc) is 2.92. The Morgan fingerprint density at radius 1 is 1.23 bits per heavy atom. The van der Waals surface area contributed by atoms with E-state index in [0.29, 0.717) is 27.3 Å². The highest BCUT2D eigenvalue weighted by Gasteiger charge is 2.32. The standard InChI is InChI=1S/C20H19ClN2O2S/c1-4-26-20-22-17(11-14-7-5-13(2)6-8-14)19(24)23(20)15-9-10-18(25-3)16(21)12-15/h5-12H,4H2,1-3H3/b17-11-. The van der Waals surface area contributed by atoms with Crippen molar-refractivity contribution in [2.24, 2.45) is 4.99 Å². The first-order valence-corrected chi connectivity index (χ1v) is 9.57. The van der Waals surface area contributed by atoms with Crippen LogP contribution >= 0.6 is 23.4 Å². The smallest absolute Gasteiger partial charge is 0.283 e. The number of halogens is 1. The molecule has 134 valence electrons. The van der Waals surface area contributed by atoms with Crippen LogP contribution in [0, 0.1) is 6.92 Å². The number of rotatable bonds is 4. The van der Waals surface area contributed by atoms with Gasteiger partial charge in [-0.25, -0.2) is 4.99 Å². The molecule has 0 aromatic heterocycles. The first-order chi connectivity index (χ1) is 12.5. The number of thioether (sulfide) groups is 1. The largest absolute Gasteiger partial charge is 0.495 e. The van der Waals surface area contributed by atoms with Gasteiger partial charge in [0.05, 0.1) is 17.8 Å². The summed E-state index contributed by atoms with van der Waals surface area (Å²) in [6.07, 6.45) is 1.81. The summed E-state index contributed by atoms with van der Waals surface area (Å²) in [5.41, 5.74) is 3.20. The molecular formula is C20H19ClN2O2S. The van der Waals surface area contributed by atoms with E-state index < -0.39 is 0 Å². The van der Waals surface area contributed by atoms with Crippen molar-refractivity contribution in [2.75, 3.05) is 17.8 Å². The Balaban J connectivity index is 1.98. The van der Waals surface area contributed by atoms with Gasteiger partial charge in [0, 0.05) is 0 Å². The van der Waals surface area contributed by atoms with E-state index in [2.05, 4.69) is 4.99 Å². The number of hydrogen-bond acceptors (Lipinski definition) is 4. The Labute approximate surface area is 162 Å². The first kappa shape index (κ1) is 18.5. The molecule has 0 aliphatic carbocycles. The highest BCUT2D eigenvalue weighted by Crippen LogP contribution is 2.34. The monoisotopic (exact) mass is 386 g/mol. The predicted octanol–water partition coefficient (Wildman–Crippen LogP) is 5.15. The van der Waals surface area contributed by atoms with E-state index in [4.69, 9.17) is 16.3 Å². The maximum atomic E-state index is 13.0. The van der Waals surface area contributed by atoms with Crippen LogP contribution in [0.2, 0.25) is 5.02 Å². The van der Waals surface area contributed by atoms with E-state index in [-0.39, 0.29) is 5.91 Å². The zero-order valence-electron chi connectivity index (χ0n) is 14.8. The van der Waals surface area contributed by atoms with E-state index >= 15 is 0 Å². The number of benzene rings is 2. The van der Waals surface area contributed by atoms with Gasteiger partial charge in [-0.15, -0.1) is 0 Å². The van der Waals surface area contributed by atoms with Crippen LogP contribution in [0.3, 0.4) is 0 Å². The van der Waals surface area contributed by atoms with Crippen molar-refractivity contribution in [1.29, 1.82) is 0 Å². The second-order valence-electron chi connectivity index (χ2n) is 5.73.